The van der Waals surface area contributed by atoms with E-state index in [0.29, 0.717) is 13.1 Å². The van der Waals surface area contributed by atoms with E-state index in [1.165, 1.54) is 0 Å². The van der Waals surface area contributed by atoms with Crippen LogP contribution in [0.5, 0.6) is 0 Å². The number of hydrogen-bond acceptors (Lipinski definition) is 3. The Morgan fingerprint density at radius 3 is 2.59 bits per heavy atom. The maximum atomic E-state index is 13.2. The molecular formula is C11H10F3NO2. The second kappa shape index (κ2) is 4.75. The molecule has 0 aliphatic carbocycles. The summed E-state index contributed by atoms with van der Waals surface area (Å²) in [7, 11) is 0. The highest BCUT2D eigenvalue weighted by Crippen LogP contribution is 2.16. The fourth-order valence-electron chi connectivity index (χ4n) is 1.40. The fourth-order valence-corrected chi connectivity index (χ4v) is 1.40. The largest absolute Gasteiger partial charge is 0.460 e. The maximum Gasteiger partial charge on any atom is 0.311 e. The van der Waals surface area contributed by atoms with Crippen molar-refractivity contribution in [3.05, 3.63) is 35.1 Å². The van der Waals surface area contributed by atoms with Crippen LogP contribution < -0.4 is 5.32 Å². The molecule has 0 saturated carbocycles. The number of halogens is 3. The zero-order chi connectivity index (χ0) is 12.4. The number of carbonyl (C=O) groups is 1. The second-order valence-corrected chi connectivity index (χ2v) is 3.80. The number of carbonyl (C=O) groups excluding carboxylic acids is 1. The molecule has 0 aromatic heterocycles. The first-order valence-electron chi connectivity index (χ1n) is 5.09. The molecule has 1 saturated heterocycles. The summed E-state index contributed by atoms with van der Waals surface area (Å²) in [6.45, 7) is 0.663. The van der Waals surface area contributed by atoms with Gasteiger partial charge in [0.05, 0.1) is 5.92 Å². The van der Waals surface area contributed by atoms with Crippen molar-refractivity contribution >= 4 is 5.97 Å². The fraction of sp³-hybridized carbons (Fsp3) is 0.364. The van der Waals surface area contributed by atoms with E-state index in [-0.39, 0.29) is 11.5 Å². The van der Waals surface area contributed by atoms with Crippen LogP contribution in [0.15, 0.2) is 12.1 Å². The SMILES string of the molecule is O=C(OCc1ccc(F)c(F)c1F)C1CNC1. The summed E-state index contributed by atoms with van der Waals surface area (Å²) in [6, 6.07) is 1.85. The zero-order valence-corrected chi connectivity index (χ0v) is 8.80. The van der Waals surface area contributed by atoms with Crippen molar-refractivity contribution in [3.63, 3.8) is 0 Å². The van der Waals surface area contributed by atoms with Gasteiger partial charge in [-0.3, -0.25) is 4.79 Å². The molecule has 0 bridgehead atoms. The summed E-state index contributed by atoms with van der Waals surface area (Å²) in [4.78, 5) is 11.3. The average Bonchev–Trinajstić information content (AvgIpc) is 2.22. The van der Waals surface area contributed by atoms with Crippen LogP contribution in [0.4, 0.5) is 13.2 Å². The topological polar surface area (TPSA) is 38.3 Å². The Labute approximate surface area is 95.6 Å². The van der Waals surface area contributed by atoms with E-state index >= 15 is 0 Å². The number of benzene rings is 1. The molecule has 1 aromatic rings. The van der Waals surface area contributed by atoms with E-state index in [1.807, 2.05) is 0 Å². The van der Waals surface area contributed by atoms with Crippen molar-refractivity contribution in [1.29, 1.82) is 0 Å². The molecule has 92 valence electrons. The number of esters is 1. The van der Waals surface area contributed by atoms with E-state index in [9.17, 15) is 18.0 Å². The van der Waals surface area contributed by atoms with Crippen molar-refractivity contribution in [3.8, 4) is 0 Å². The Kier molecular flexibility index (Phi) is 3.33. The minimum Gasteiger partial charge on any atom is -0.460 e. The molecule has 1 fully saturated rings. The summed E-state index contributed by atoms with van der Waals surface area (Å²) < 4.78 is 43.5. The first kappa shape index (κ1) is 11.9. The van der Waals surface area contributed by atoms with Gasteiger partial charge in [-0.15, -0.1) is 0 Å². The molecule has 6 heteroatoms. The lowest BCUT2D eigenvalue weighted by atomic mass is 10.0. The number of hydrogen-bond donors (Lipinski definition) is 1. The normalized spacial score (nSPS) is 15.5. The second-order valence-electron chi connectivity index (χ2n) is 3.80. The summed E-state index contributed by atoms with van der Waals surface area (Å²) in [5, 5.41) is 2.88. The zero-order valence-electron chi connectivity index (χ0n) is 8.80. The summed E-state index contributed by atoms with van der Waals surface area (Å²) in [5.41, 5.74) is -0.176. The summed E-state index contributed by atoms with van der Waals surface area (Å²) in [6.07, 6.45) is 0. The van der Waals surface area contributed by atoms with Crippen LogP contribution in [-0.2, 0) is 16.1 Å². The van der Waals surface area contributed by atoms with Crippen molar-refractivity contribution in [2.24, 2.45) is 5.92 Å². The van der Waals surface area contributed by atoms with Crippen molar-refractivity contribution in [1.82, 2.24) is 5.32 Å². The minimum absolute atomic E-state index is 0.176. The molecule has 0 atom stereocenters. The van der Waals surface area contributed by atoms with Crippen LogP contribution in [0.1, 0.15) is 5.56 Å². The van der Waals surface area contributed by atoms with E-state index in [2.05, 4.69) is 5.32 Å². The molecule has 0 amide bonds. The Bertz CT molecular complexity index is 447. The van der Waals surface area contributed by atoms with Crippen LogP contribution in [0.25, 0.3) is 0 Å². The Hall–Kier alpha value is -1.56. The van der Waals surface area contributed by atoms with Crippen LogP contribution >= 0.6 is 0 Å². The molecular weight excluding hydrogens is 235 g/mol. The molecule has 1 heterocycles. The standard InChI is InChI=1S/C11H10F3NO2/c12-8-2-1-6(9(13)10(8)14)5-17-11(16)7-3-15-4-7/h1-2,7,15H,3-5H2. The van der Waals surface area contributed by atoms with Gasteiger partial charge >= 0.3 is 5.97 Å². The quantitative estimate of drug-likeness (QED) is 0.645. The van der Waals surface area contributed by atoms with E-state index in [4.69, 9.17) is 4.74 Å². The summed E-state index contributed by atoms with van der Waals surface area (Å²) in [5.74, 6) is -4.83. The summed E-state index contributed by atoms with van der Waals surface area (Å²) >= 11 is 0. The van der Waals surface area contributed by atoms with Crippen LogP contribution in [0, 0.1) is 23.4 Å². The first-order valence-corrected chi connectivity index (χ1v) is 5.09. The van der Waals surface area contributed by atoms with Gasteiger partial charge < -0.3 is 10.1 Å². The monoisotopic (exact) mass is 245 g/mol. The predicted molar refractivity (Wildman–Crippen MR) is 52.5 cm³/mol. The maximum absolute atomic E-state index is 13.2. The lowest BCUT2D eigenvalue weighted by Gasteiger charge is -2.24. The van der Waals surface area contributed by atoms with Gasteiger partial charge in [0.15, 0.2) is 17.5 Å². The molecule has 1 aliphatic rings. The highest BCUT2D eigenvalue weighted by molar-refractivity contribution is 5.74. The third kappa shape index (κ3) is 2.41. The van der Waals surface area contributed by atoms with E-state index < -0.39 is 30.0 Å². The molecule has 3 nitrogen and oxygen atoms in total. The van der Waals surface area contributed by atoms with Crippen LogP contribution in [0.2, 0.25) is 0 Å². The van der Waals surface area contributed by atoms with E-state index in [1.54, 1.807) is 0 Å². The number of rotatable bonds is 3. The number of nitrogens with one attached hydrogen (secondary N) is 1. The highest BCUT2D eigenvalue weighted by atomic mass is 19.2. The molecule has 1 aromatic carbocycles. The molecule has 17 heavy (non-hydrogen) atoms. The van der Waals surface area contributed by atoms with Gasteiger partial charge in [0, 0.05) is 18.7 Å². The van der Waals surface area contributed by atoms with Crippen molar-refractivity contribution < 1.29 is 22.7 Å². The molecule has 0 spiro atoms. The van der Waals surface area contributed by atoms with Crippen molar-refractivity contribution in [2.45, 2.75) is 6.61 Å². The van der Waals surface area contributed by atoms with Gasteiger partial charge in [-0.2, -0.15) is 0 Å². The van der Waals surface area contributed by atoms with Gasteiger partial charge in [-0.05, 0) is 12.1 Å². The Balaban J connectivity index is 1.99. The van der Waals surface area contributed by atoms with Crippen LogP contribution in [0.3, 0.4) is 0 Å². The molecule has 1 aliphatic heterocycles. The minimum atomic E-state index is -1.55. The van der Waals surface area contributed by atoms with Gasteiger partial charge in [0.25, 0.3) is 0 Å². The molecule has 2 rings (SSSR count). The van der Waals surface area contributed by atoms with E-state index in [0.717, 1.165) is 12.1 Å². The smallest absolute Gasteiger partial charge is 0.311 e. The van der Waals surface area contributed by atoms with Gasteiger partial charge in [0.1, 0.15) is 6.61 Å². The molecule has 0 unspecified atom stereocenters. The first-order chi connectivity index (χ1) is 8.09. The highest BCUT2D eigenvalue weighted by Gasteiger charge is 2.26. The van der Waals surface area contributed by atoms with Gasteiger partial charge in [-0.25, -0.2) is 13.2 Å². The molecule has 0 radical (unpaired) electrons. The van der Waals surface area contributed by atoms with Crippen LogP contribution in [-0.4, -0.2) is 19.1 Å². The predicted octanol–water partition coefficient (Wildman–Crippen LogP) is 1.37. The van der Waals surface area contributed by atoms with Gasteiger partial charge in [-0.1, -0.05) is 0 Å². The lowest BCUT2D eigenvalue weighted by molar-refractivity contribution is -0.151. The number of ether oxygens (including phenoxy) is 1. The molecule has 1 N–H and O–H groups in total. The van der Waals surface area contributed by atoms with Crippen molar-refractivity contribution in [2.75, 3.05) is 13.1 Å². The Morgan fingerprint density at radius 2 is 2.00 bits per heavy atom. The van der Waals surface area contributed by atoms with Gasteiger partial charge in [0.2, 0.25) is 0 Å². The Morgan fingerprint density at radius 1 is 1.29 bits per heavy atom. The lowest BCUT2D eigenvalue weighted by Crippen LogP contribution is -2.47. The third-order valence-corrected chi connectivity index (χ3v) is 2.60. The average molecular weight is 245 g/mol. The third-order valence-electron chi connectivity index (χ3n) is 2.60.